The van der Waals surface area contributed by atoms with Gasteiger partial charge in [-0.25, -0.2) is 8.78 Å². The first-order valence-electron chi connectivity index (χ1n) is 10.2. The third kappa shape index (κ3) is 5.52. The van der Waals surface area contributed by atoms with Crippen LogP contribution in [0.4, 0.5) is 30.7 Å². The molecular formula is C23H23F7O. The van der Waals surface area contributed by atoms with E-state index in [-0.39, 0.29) is 12.0 Å². The quantitative estimate of drug-likeness (QED) is 0.388. The summed E-state index contributed by atoms with van der Waals surface area (Å²) >= 11 is 0. The van der Waals surface area contributed by atoms with Crippen LogP contribution in [0.3, 0.4) is 0 Å². The van der Waals surface area contributed by atoms with E-state index in [1.807, 2.05) is 0 Å². The Hall–Kier alpha value is -2.25. The van der Waals surface area contributed by atoms with Crippen LogP contribution in [-0.2, 0) is 12.3 Å². The van der Waals surface area contributed by atoms with Crippen LogP contribution in [0.1, 0.15) is 68.1 Å². The molecule has 31 heavy (non-hydrogen) atoms. The molecular weight excluding hydrogens is 425 g/mol. The van der Waals surface area contributed by atoms with Gasteiger partial charge in [-0.05, 0) is 60.9 Å². The molecule has 1 saturated carbocycles. The van der Waals surface area contributed by atoms with E-state index in [0.717, 1.165) is 50.7 Å². The first-order valence-corrected chi connectivity index (χ1v) is 10.2. The monoisotopic (exact) mass is 448 g/mol. The normalized spacial score (nSPS) is 19.6. The molecule has 0 saturated heterocycles. The van der Waals surface area contributed by atoms with Crippen molar-refractivity contribution in [1.29, 1.82) is 0 Å². The van der Waals surface area contributed by atoms with E-state index in [2.05, 4.69) is 11.7 Å². The van der Waals surface area contributed by atoms with Crippen LogP contribution < -0.4 is 4.74 Å². The molecule has 2 unspecified atom stereocenters. The van der Waals surface area contributed by atoms with Gasteiger partial charge in [-0.2, -0.15) is 22.0 Å². The molecule has 8 heteroatoms. The summed E-state index contributed by atoms with van der Waals surface area (Å²) in [5.74, 6) is -3.12. The molecule has 0 aromatic heterocycles. The first-order chi connectivity index (χ1) is 14.5. The third-order valence-corrected chi connectivity index (χ3v) is 5.78. The highest BCUT2D eigenvalue weighted by molar-refractivity contribution is 5.33. The van der Waals surface area contributed by atoms with Gasteiger partial charge in [-0.1, -0.05) is 32.3 Å². The Kier molecular flexibility index (Phi) is 6.86. The van der Waals surface area contributed by atoms with E-state index in [1.54, 1.807) is 0 Å². The zero-order valence-electron chi connectivity index (χ0n) is 16.9. The van der Waals surface area contributed by atoms with Gasteiger partial charge in [0.1, 0.15) is 17.4 Å². The number of hydrogen-bond donors (Lipinski definition) is 0. The first kappa shape index (κ1) is 23.4. The average molecular weight is 448 g/mol. The van der Waals surface area contributed by atoms with Crippen molar-refractivity contribution in [2.75, 3.05) is 0 Å². The van der Waals surface area contributed by atoms with Crippen LogP contribution in [0.15, 0.2) is 36.4 Å². The Morgan fingerprint density at radius 3 is 2.19 bits per heavy atom. The van der Waals surface area contributed by atoms with Crippen LogP contribution in [0.2, 0.25) is 0 Å². The van der Waals surface area contributed by atoms with Crippen molar-refractivity contribution in [3.8, 4) is 5.75 Å². The molecule has 1 aliphatic carbocycles. The smallest absolute Gasteiger partial charge is 0.429 e. The summed E-state index contributed by atoms with van der Waals surface area (Å²) in [4.78, 5) is 0. The van der Waals surface area contributed by atoms with Crippen molar-refractivity contribution in [3.05, 3.63) is 64.7 Å². The van der Waals surface area contributed by atoms with Gasteiger partial charge in [0, 0.05) is 6.07 Å². The van der Waals surface area contributed by atoms with E-state index >= 15 is 0 Å². The molecule has 1 aliphatic rings. The average Bonchev–Trinajstić information content (AvgIpc) is 3.13. The molecule has 0 N–H and O–H groups in total. The maximum Gasteiger partial charge on any atom is 0.429 e. The number of unbranched alkanes of at least 4 members (excludes halogenated alkanes) is 1. The Morgan fingerprint density at radius 2 is 1.58 bits per heavy atom. The van der Waals surface area contributed by atoms with Gasteiger partial charge in [0.15, 0.2) is 0 Å². The fourth-order valence-electron chi connectivity index (χ4n) is 4.15. The topological polar surface area (TPSA) is 9.23 Å². The molecule has 1 fully saturated rings. The minimum absolute atomic E-state index is 0.101. The maximum atomic E-state index is 14.5. The second-order valence-corrected chi connectivity index (χ2v) is 8.02. The van der Waals surface area contributed by atoms with E-state index in [0.29, 0.717) is 23.6 Å². The van der Waals surface area contributed by atoms with Crippen LogP contribution >= 0.6 is 0 Å². The van der Waals surface area contributed by atoms with Crippen molar-refractivity contribution in [3.63, 3.8) is 0 Å². The predicted octanol–water partition coefficient (Wildman–Crippen LogP) is 8.19. The molecule has 0 spiro atoms. The van der Waals surface area contributed by atoms with Gasteiger partial charge in [-0.3, -0.25) is 0 Å². The minimum Gasteiger partial charge on any atom is -0.429 e. The number of hydrogen-bond acceptors (Lipinski definition) is 1. The lowest BCUT2D eigenvalue weighted by molar-refractivity contribution is -0.187. The fourth-order valence-corrected chi connectivity index (χ4v) is 4.15. The van der Waals surface area contributed by atoms with Crippen LogP contribution in [0.25, 0.3) is 0 Å². The second-order valence-electron chi connectivity index (χ2n) is 8.02. The van der Waals surface area contributed by atoms with Crippen LogP contribution in [-0.4, -0.2) is 0 Å². The largest absolute Gasteiger partial charge is 0.429 e. The summed E-state index contributed by atoms with van der Waals surface area (Å²) in [6, 6.07) is 4.49. The van der Waals surface area contributed by atoms with Gasteiger partial charge in [0.2, 0.25) is 0 Å². The number of ether oxygens (including phenoxy) is 1. The van der Waals surface area contributed by atoms with Gasteiger partial charge in [-0.15, -0.1) is 0 Å². The van der Waals surface area contributed by atoms with Gasteiger partial charge >= 0.3 is 12.3 Å². The summed E-state index contributed by atoms with van der Waals surface area (Å²) < 4.78 is 99.3. The van der Waals surface area contributed by atoms with Crippen LogP contribution in [0, 0.1) is 17.6 Å². The second kappa shape index (κ2) is 9.09. The predicted molar refractivity (Wildman–Crippen MR) is 102 cm³/mol. The van der Waals surface area contributed by atoms with Gasteiger partial charge in [0.25, 0.3) is 0 Å². The van der Waals surface area contributed by atoms with E-state index in [9.17, 15) is 30.7 Å². The standard InChI is InChI=1S/C23H23F7O/c1-2-3-4-14-5-6-15(11-14)16-7-9-19(20(24)12-16)23(29,30)31-17-8-10-18(21(25)13-17)22(26,27)28/h7-10,12-15H,2-6,11H2,1H3. The Morgan fingerprint density at radius 1 is 0.903 bits per heavy atom. The number of alkyl halides is 5. The lowest BCUT2D eigenvalue weighted by Gasteiger charge is -2.20. The van der Waals surface area contributed by atoms with Crippen LogP contribution in [0.5, 0.6) is 5.75 Å². The summed E-state index contributed by atoms with van der Waals surface area (Å²) in [6.07, 6.45) is -3.06. The number of halogens is 7. The molecule has 0 amide bonds. The van der Waals surface area contributed by atoms with E-state index < -0.39 is 40.8 Å². The Balaban J connectivity index is 1.74. The molecule has 3 rings (SSSR count). The summed E-state index contributed by atoms with van der Waals surface area (Å²) in [5, 5.41) is 0. The summed E-state index contributed by atoms with van der Waals surface area (Å²) in [5.41, 5.74) is -2.03. The van der Waals surface area contributed by atoms with Gasteiger partial charge in [0.05, 0.1) is 11.1 Å². The summed E-state index contributed by atoms with van der Waals surface area (Å²) in [6.45, 7) is 2.11. The molecule has 2 atom stereocenters. The van der Waals surface area contributed by atoms with Crippen molar-refractivity contribution in [1.82, 2.24) is 0 Å². The molecule has 170 valence electrons. The Labute approximate surface area is 176 Å². The molecule has 2 aromatic carbocycles. The molecule has 0 aliphatic heterocycles. The lowest BCUT2D eigenvalue weighted by atomic mass is 9.93. The van der Waals surface area contributed by atoms with Crippen molar-refractivity contribution in [2.24, 2.45) is 5.92 Å². The Bertz CT molecular complexity index is 907. The molecule has 2 aromatic rings. The van der Waals surface area contributed by atoms with Crippen molar-refractivity contribution in [2.45, 2.75) is 63.7 Å². The molecule has 0 radical (unpaired) electrons. The zero-order chi connectivity index (χ0) is 22.8. The zero-order valence-corrected chi connectivity index (χ0v) is 16.9. The van der Waals surface area contributed by atoms with Crippen molar-refractivity contribution >= 4 is 0 Å². The highest BCUT2D eigenvalue weighted by atomic mass is 19.4. The molecule has 1 nitrogen and oxygen atoms in total. The summed E-state index contributed by atoms with van der Waals surface area (Å²) in [7, 11) is 0. The van der Waals surface area contributed by atoms with Crippen molar-refractivity contribution < 1.29 is 35.5 Å². The minimum atomic E-state index is -4.97. The SMILES string of the molecule is CCCCC1CCC(c2ccc(C(F)(F)Oc3ccc(C(F)(F)F)c(F)c3)c(F)c2)C1. The fraction of sp³-hybridized carbons (Fsp3) is 0.478. The number of benzene rings is 2. The highest BCUT2D eigenvalue weighted by Crippen LogP contribution is 2.42. The number of rotatable bonds is 7. The third-order valence-electron chi connectivity index (χ3n) is 5.78. The van der Waals surface area contributed by atoms with Gasteiger partial charge < -0.3 is 4.74 Å². The van der Waals surface area contributed by atoms with E-state index in [4.69, 9.17) is 0 Å². The molecule has 0 heterocycles. The maximum absolute atomic E-state index is 14.5. The molecule has 0 bridgehead atoms. The highest BCUT2D eigenvalue weighted by Gasteiger charge is 2.39. The van der Waals surface area contributed by atoms with E-state index in [1.165, 1.54) is 6.07 Å². The lowest BCUT2D eigenvalue weighted by Crippen LogP contribution is -2.24.